The zero-order valence-corrected chi connectivity index (χ0v) is 19.5. The fourth-order valence-electron chi connectivity index (χ4n) is 7.96. The largest absolute Gasteiger partial charge is 1.00 e. The van der Waals surface area contributed by atoms with Crippen molar-refractivity contribution in [1.29, 1.82) is 0 Å². The number of halogens is 1. The smallest absolute Gasteiger partial charge is 0.166 e. The number of quaternary nitrogens is 1. The molecular formula is C24H32INO3. The summed E-state index contributed by atoms with van der Waals surface area (Å²) in [6, 6.07) is 4.06. The Hall–Kier alpha value is -0.790. The first-order valence-corrected chi connectivity index (χ1v) is 11.2. The zero-order chi connectivity index (χ0) is 19.3. The SMILES string of the molecule is C=C1CCC2(O)[C@H]3Cc4ccc(O)c5c4[C@@]2(CC[N@+]3(C)CC2CCCC2)[C@H]1O5.[I-]. The molecular weight excluding hydrogens is 477 g/mol. The number of aliphatic hydroxyl groups is 1. The molecule has 0 amide bonds. The molecule has 0 aromatic heterocycles. The Morgan fingerprint density at radius 1 is 1.24 bits per heavy atom. The van der Waals surface area contributed by atoms with Gasteiger partial charge in [-0.05, 0) is 42.9 Å². The van der Waals surface area contributed by atoms with Gasteiger partial charge in [0, 0.05) is 24.3 Å². The highest BCUT2D eigenvalue weighted by atomic mass is 127. The van der Waals surface area contributed by atoms with Gasteiger partial charge in [0.05, 0.1) is 25.6 Å². The average Bonchev–Trinajstić information content (AvgIpc) is 3.29. The van der Waals surface area contributed by atoms with Gasteiger partial charge < -0.3 is 43.4 Å². The van der Waals surface area contributed by atoms with E-state index in [0.29, 0.717) is 5.75 Å². The third kappa shape index (κ3) is 2.33. The maximum Gasteiger partial charge on any atom is 0.166 e. The molecule has 1 aromatic carbocycles. The minimum absolute atomic E-state index is 0. The second kappa shape index (κ2) is 6.36. The molecule has 5 atom stereocenters. The van der Waals surface area contributed by atoms with Gasteiger partial charge in [-0.3, -0.25) is 0 Å². The number of benzene rings is 1. The van der Waals surface area contributed by atoms with Crippen LogP contribution in [-0.2, 0) is 11.8 Å². The summed E-state index contributed by atoms with van der Waals surface area (Å²) < 4.78 is 7.36. The lowest BCUT2D eigenvalue weighted by Crippen LogP contribution is -3.00. The number of ether oxygens (including phenoxy) is 1. The summed E-state index contributed by atoms with van der Waals surface area (Å²) in [5, 5.41) is 22.9. The number of nitrogens with zero attached hydrogens (tertiary/aromatic N) is 1. The van der Waals surface area contributed by atoms with Crippen LogP contribution in [0.5, 0.6) is 11.5 Å². The van der Waals surface area contributed by atoms with E-state index in [-0.39, 0.29) is 41.9 Å². The molecule has 4 nitrogen and oxygen atoms in total. The molecule has 5 aliphatic rings. The molecule has 29 heavy (non-hydrogen) atoms. The molecule has 1 saturated heterocycles. The van der Waals surface area contributed by atoms with Crippen LogP contribution in [0.25, 0.3) is 0 Å². The molecule has 2 N–H and O–H groups in total. The van der Waals surface area contributed by atoms with Crippen molar-refractivity contribution >= 4 is 0 Å². The van der Waals surface area contributed by atoms with Crippen molar-refractivity contribution in [3.63, 3.8) is 0 Å². The Morgan fingerprint density at radius 2 is 2.00 bits per heavy atom. The van der Waals surface area contributed by atoms with E-state index in [1.165, 1.54) is 37.8 Å². The van der Waals surface area contributed by atoms with Gasteiger partial charge in [-0.1, -0.05) is 25.5 Å². The average molecular weight is 509 g/mol. The van der Waals surface area contributed by atoms with Crippen LogP contribution in [0, 0.1) is 5.92 Å². The summed E-state index contributed by atoms with van der Waals surface area (Å²) in [6.45, 7) is 6.59. The number of phenols is 1. The maximum absolute atomic E-state index is 12.4. The Bertz CT molecular complexity index is 881. The van der Waals surface area contributed by atoms with Crippen LogP contribution in [-0.4, -0.2) is 52.6 Å². The molecule has 1 spiro atoms. The molecule has 2 aliphatic heterocycles. The van der Waals surface area contributed by atoms with Crippen molar-refractivity contribution in [2.24, 2.45) is 5.92 Å². The lowest BCUT2D eigenvalue weighted by atomic mass is 9.48. The number of likely N-dealkylation sites (N-methyl/N-ethyl adjacent to an activating group) is 1. The molecule has 0 radical (unpaired) electrons. The second-order valence-corrected chi connectivity index (χ2v) is 10.5. The van der Waals surface area contributed by atoms with Crippen LogP contribution in [0.15, 0.2) is 24.3 Å². The Kier molecular flexibility index (Phi) is 4.42. The van der Waals surface area contributed by atoms with Crippen molar-refractivity contribution in [2.45, 2.75) is 74.5 Å². The van der Waals surface area contributed by atoms with E-state index in [2.05, 4.69) is 19.7 Å². The molecule has 5 heteroatoms. The van der Waals surface area contributed by atoms with Crippen molar-refractivity contribution in [3.8, 4) is 11.5 Å². The van der Waals surface area contributed by atoms with Crippen LogP contribution < -0.4 is 28.7 Å². The summed E-state index contributed by atoms with van der Waals surface area (Å²) >= 11 is 0. The van der Waals surface area contributed by atoms with Crippen molar-refractivity contribution in [3.05, 3.63) is 35.4 Å². The maximum atomic E-state index is 12.4. The van der Waals surface area contributed by atoms with E-state index in [0.717, 1.165) is 53.8 Å². The van der Waals surface area contributed by atoms with E-state index < -0.39 is 11.0 Å². The van der Waals surface area contributed by atoms with Crippen molar-refractivity contribution in [1.82, 2.24) is 0 Å². The van der Waals surface area contributed by atoms with E-state index in [1.54, 1.807) is 6.07 Å². The monoisotopic (exact) mass is 509 g/mol. The Balaban J connectivity index is 0.00000181. The highest BCUT2D eigenvalue weighted by Gasteiger charge is 2.75. The summed E-state index contributed by atoms with van der Waals surface area (Å²) in [7, 11) is 2.40. The number of hydrogen-bond donors (Lipinski definition) is 2. The van der Waals surface area contributed by atoms with E-state index in [4.69, 9.17) is 4.74 Å². The molecule has 158 valence electrons. The third-order valence-corrected chi connectivity index (χ3v) is 9.21. The number of aromatic hydroxyl groups is 1. The van der Waals surface area contributed by atoms with E-state index in [1.807, 2.05) is 0 Å². The van der Waals surface area contributed by atoms with Crippen molar-refractivity contribution in [2.75, 3.05) is 20.1 Å². The third-order valence-electron chi connectivity index (χ3n) is 9.21. The molecule has 1 unspecified atom stereocenters. The first-order chi connectivity index (χ1) is 13.4. The minimum atomic E-state index is -0.781. The highest BCUT2D eigenvalue weighted by molar-refractivity contribution is 5.63. The molecule has 2 bridgehead atoms. The second-order valence-electron chi connectivity index (χ2n) is 10.5. The molecule has 2 saturated carbocycles. The topological polar surface area (TPSA) is 49.7 Å². The minimum Gasteiger partial charge on any atom is -1.00 e. The Labute approximate surface area is 190 Å². The number of piperidine rings is 1. The lowest BCUT2D eigenvalue weighted by Gasteiger charge is -2.65. The summed E-state index contributed by atoms with van der Waals surface area (Å²) in [5.74, 6) is 1.63. The van der Waals surface area contributed by atoms with Crippen LogP contribution in [0.4, 0.5) is 0 Å². The predicted molar refractivity (Wildman–Crippen MR) is 108 cm³/mol. The van der Waals surface area contributed by atoms with Crippen LogP contribution >= 0.6 is 0 Å². The summed E-state index contributed by atoms with van der Waals surface area (Å²) in [5.41, 5.74) is 2.25. The molecule has 1 aromatic rings. The van der Waals surface area contributed by atoms with E-state index >= 15 is 0 Å². The first kappa shape index (κ1) is 20.1. The van der Waals surface area contributed by atoms with Crippen LogP contribution in [0.3, 0.4) is 0 Å². The standard InChI is InChI=1S/C24H31NO3.HI/c1-15-9-10-24(27)19-13-17-7-8-18(26)21-20(17)23(24,22(15)28-21)11-12-25(19,2)14-16-5-3-4-6-16;/h7-8,16,19,22,27H,1,3-6,9-14H2,2H3;1H/t19-,22+,23+,24?,25-;/m1./s1. The molecule has 6 rings (SSSR count). The normalized spacial score (nSPS) is 42.2. The van der Waals surface area contributed by atoms with Gasteiger partial charge in [0.25, 0.3) is 0 Å². The van der Waals surface area contributed by atoms with Gasteiger partial charge in [-0.25, -0.2) is 0 Å². The van der Waals surface area contributed by atoms with Crippen molar-refractivity contribution < 1.29 is 43.4 Å². The molecule has 2 heterocycles. The number of likely N-dealkylation sites (tertiary alicyclic amines) is 1. The van der Waals surface area contributed by atoms with Gasteiger partial charge in [-0.2, -0.15) is 0 Å². The number of phenolic OH excluding ortho intramolecular Hbond substituents is 1. The zero-order valence-electron chi connectivity index (χ0n) is 17.3. The highest BCUT2D eigenvalue weighted by Crippen LogP contribution is 2.67. The first-order valence-electron chi connectivity index (χ1n) is 11.2. The van der Waals surface area contributed by atoms with Gasteiger partial charge >= 0.3 is 0 Å². The van der Waals surface area contributed by atoms with Gasteiger partial charge in [-0.15, -0.1) is 0 Å². The molecule has 3 fully saturated rings. The fraction of sp³-hybridized carbons (Fsp3) is 0.667. The number of rotatable bonds is 2. The fourth-order valence-corrected chi connectivity index (χ4v) is 7.96. The van der Waals surface area contributed by atoms with E-state index in [9.17, 15) is 10.2 Å². The quantitative estimate of drug-likeness (QED) is 0.346. The van der Waals surface area contributed by atoms with Crippen LogP contribution in [0.1, 0.15) is 56.1 Å². The predicted octanol–water partition coefficient (Wildman–Crippen LogP) is 0.441. The van der Waals surface area contributed by atoms with Gasteiger partial charge in [0.15, 0.2) is 11.5 Å². The number of hydrogen-bond acceptors (Lipinski definition) is 3. The lowest BCUT2D eigenvalue weighted by molar-refractivity contribution is -0.952. The van der Waals surface area contributed by atoms with Gasteiger partial charge in [0.2, 0.25) is 0 Å². The molecule has 3 aliphatic carbocycles. The summed E-state index contributed by atoms with van der Waals surface area (Å²) in [4.78, 5) is 0. The van der Waals surface area contributed by atoms with Crippen LogP contribution in [0.2, 0.25) is 0 Å². The van der Waals surface area contributed by atoms with Gasteiger partial charge in [0.1, 0.15) is 17.7 Å². The Morgan fingerprint density at radius 3 is 2.76 bits per heavy atom. The summed E-state index contributed by atoms with van der Waals surface area (Å²) in [6.07, 6.45) is 8.61.